The number of hydrogen-bond acceptors (Lipinski definition) is 5. The summed E-state index contributed by atoms with van der Waals surface area (Å²) in [7, 11) is 0. The van der Waals surface area contributed by atoms with Crippen molar-refractivity contribution in [3.8, 4) is 11.3 Å². The van der Waals surface area contributed by atoms with E-state index in [1.807, 2.05) is 6.92 Å². The molecule has 120 valence electrons. The molecule has 0 aromatic carbocycles. The highest BCUT2D eigenvalue weighted by atomic mass is 19.4. The van der Waals surface area contributed by atoms with E-state index in [-0.39, 0.29) is 5.69 Å². The average Bonchev–Trinajstić information content (AvgIpc) is 2.91. The lowest BCUT2D eigenvalue weighted by atomic mass is 10.1. The normalized spacial score (nSPS) is 11.8. The standard InChI is InChI=1S/C14H13F3N6/c1-2-19-13-22-6-10(18)11(23-13)9-5-21-12-8(9)3-7(4-20-12)14(15,16)17/h3-6H,2,18H2,1H3,(H,20,21)(H,19,22,23). The van der Waals surface area contributed by atoms with Gasteiger partial charge in [-0.1, -0.05) is 0 Å². The molecule has 0 radical (unpaired) electrons. The quantitative estimate of drug-likeness (QED) is 0.689. The zero-order valence-corrected chi connectivity index (χ0v) is 12.1. The molecule has 3 aromatic heterocycles. The fraction of sp³-hybridized carbons (Fsp3) is 0.214. The number of hydrogen-bond donors (Lipinski definition) is 3. The maximum Gasteiger partial charge on any atom is 0.417 e. The van der Waals surface area contributed by atoms with Gasteiger partial charge in [0.2, 0.25) is 5.95 Å². The molecule has 0 atom stereocenters. The van der Waals surface area contributed by atoms with Crippen molar-refractivity contribution in [3.05, 3.63) is 30.2 Å². The molecule has 0 unspecified atom stereocenters. The van der Waals surface area contributed by atoms with E-state index >= 15 is 0 Å². The third-order valence-corrected chi connectivity index (χ3v) is 3.27. The highest BCUT2D eigenvalue weighted by Gasteiger charge is 2.31. The van der Waals surface area contributed by atoms with Crippen molar-refractivity contribution in [1.82, 2.24) is 19.9 Å². The van der Waals surface area contributed by atoms with E-state index in [0.29, 0.717) is 34.8 Å². The minimum absolute atomic E-state index is 0.268. The number of halogens is 3. The van der Waals surface area contributed by atoms with Crippen LogP contribution in [0.25, 0.3) is 22.3 Å². The summed E-state index contributed by atoms with van der Waals surface area (Å²) >= 11 is 0. The largest absolute Gasteiger partial charge is 0.417 e. The van der Waals surface area contributed by atoms with Gasteiger partial charge >= 0.3 is 6.18 Å². The first-order valence-corrected chi connectivity index (χ1v) is 6.81. The minimum Gasteiger partial charge on any atom is -0.396 e. The number of fused-ring (bicyclic) bond motifs is 1. The predicted molar refractivity (Wildman–Crippen MR) is 80.7 cm³/mol. The Bertz CT molecular complexity index is 855. The molecular formula is C14H13F3N6. The minimum atomic E-state index is -4.47. The van der Waals surface area contributed by atoms with E-state index < -0.39 is 11.7 Å². The first-order chi connectivity index (χ1) is 10.9. The van der Waals surface area contributed by atoms with Gasteiger partial charge in [-0.2, -0.15) is 13.2 Å². The lowest BCUT2D eigenvalue weighted by Gasteiger charge is -2.08. The summed E-state index contributed by atoms with van der Waals surface area (Å²) in [6.07, 6.45) is -0.732. The van der Waals surface area contributed by atoms with Crippen LogP contribution in [0, 0.1) is 0 Å². The Hall–Kier alpha value is -2.84. The van der Waals surface area contributed by atoms with Crippen LogP contribution >= 0.6 is 0 Å². The molecule has 0 aliphatic carbocycles. The Morgan fingerprint density at radius 3 is 2.74 bits per heavy atom. The van der Waals surface area contributed by atoms with Crippen molar-refractivity contribution in [1.29, 1.82) is 0 Å². The third-order valence-electron chi connectivity index (χ3n) is 3.27. The summed E-state index contributed by atoms with van der Waals surface area (Å²) in [4.78, 5) is 14.9. The van der Waals surface area contributed by atoms with E-state index in [4.69, 9.17) is 5.73 Å². The number of nitrogen functional groups attached to an aromatic ring is 1. The van der Waals surface area contributed by atoms with Gasteiger partial charge in [-0.05, 0) is 13.0 Å². The summed E-state index contributed by atoms with van der Waals surface area (Å²) in [6.45, 7) is 2.49. The first-order valence-electron chi connectivity index (χ1n) is 6.81. The van der Waals surface area contributed by atoms with Crippen molar-refractivity contribution >= 4 is 22.7 Å². The smallest absolute Gasteiger partial charge is 0.396 e. The average molecular weight is 322 g/mol. The van der Waals surface area contributed by atoms with Crippen LogP contribution in [0.3, 0.4) is 0 Å². The molecule has 3 heterocycles. The van der Waals surface area contributed by atoms with Crippen LogP contribution in [-0.4, -0.2) is 26.5 Å². The van der Waals surface area contributed by atoms with Crippen molar-refractivity contribution in [2.45, 2.75) is 13.1 Å². The monoisotopic (exact) mass is 322 g/mol. The molecule has 0 saturated heterocycles. The second-order valence-electron chi connectivity index (χ2n) is 4.85. The summed E-state index contributed by atoms with van der Waals surface area (Å²) in [5.74, 6) is 0.353. The van der Waals surface area contributed by atoms with Crippen LogP contribution < -0.4 is 11.1 Å². The molecule has 3 rings (SSSR count). The number of anilines is 2. The van der Waals surface area contributed by atoms with Gasteiger partial charge in [-0.3, -0.25) is 0 Å². The summed E-state index contributed by atoms with van der Waals surface area (Å²) < 4.78 is 38.7. The SMILES string of the molecule is CCNc1ncc(N)c(-c2c[nH]c3ncc(C(F)(F)F)cc23)n1. The highest BCUT2D eigenvalue weighted by molar-refractivity contribution is 5.95. The molecule has 0 saturated carbocycles. The zero-order chi connectivity index (χ0) is 16.6. The fourth-order valence-electron chi connectivity index (χ4n) is 2.20. The summed E-state index contributed by atoms with van der Waals surface area (Å²) in [6, 6.07) is 1.03. The van der Waals surface area contributed by atoms with Crippen molar-refractivity contribution in [3.63, 3.8) is 0 Å². The number of H-pyrrole nitrogens is 1. The van der Waals surface area contributed by atoms with Gasteiger partial charge in [0.15, 0.2) is 0 Å². The van der Waals surface area contributed by atoms with Crippen LogP contribution in [0.1, 0.15) is 12.5 Å². The molecule has 0 spiro atoms. The van der Waals surface area contributed by atoms with E-state index in [1.165, 1.54) is 12.4 Å². The van der Waals surface area contributed by atoms with Gasteiger partial charge in [-0.15, -0.1) is 0 Å². The zero-order valence-electron chi connectivity index (χ0n) is 12.1. The number of nitrogens with one attached hydrogen (secondary N) is 2. The summed E-state index contributed by atoms with van der Waals surface area (Å²) in [5, 5.41) is 3.24. The molecule has 4 N–H and O–H groups in total. The molecule has 0 aliphatic rings. The maximum atomic E-state index is 12.9. The number of aromatic nitrogens is 4. The van der Waals surface area contributed by atoms with Gasteiger partial charge in [0.25, 0.3) is 0 Å². The molecule has 0 aliphatic heterocycles. The van der Waals surface area contributed by atoms with E-state index in [1.54, 1.807) is 0 Å². The third kappa shape index (κ3) is 2.77. The Balaban J connectivity index is 2.18. The molecule has 3 aromatic rings. The topological polar surface area (TPSA) is 92.5 Å². The second kappa shape index (κ2) is 5.41. The van der Waals surface area contributed by atoms with Crippen molar-refractivity contribution in [2.75, 3.05) is 17.6 Å². The van der Waals surface area contributed by atoms with E-state index in [0.717, 1.165) is 12.3 Å². The first kappa shape index (κ1) is 15.1. The van der Waals surface area contributed by atoms with Gasteiger partial charge in [0.05, 0.1) is 17.4 Å². The molecule has 0 amide bonds. The van der Waals surface area contributed by atoms with Gasteiger partial charge < -0.3 is 16.0 Å². The predicted octanol–water partition coefficient (Wildman–Crippen LogP) is 3.05. The van der Waals surface area contributed by atoms with Crippen LogP contribution in [0.4, 0.5) is 24.8 Å². The van der Waals surface area contributed by atoms with E-state index in [9.17, 15) is 13.2 Å². The van der Waals surface area contributed by atoms with E-state index in [2.05, 4.69) is 25.3 Å². The van der Waals surface area contributed by atoms with Crippen molar-refractivity contribution < 1.29 is 13.2 Å². The number of nitrogens with two attached hydrogens (primary N) is 1. The number of alkyl halides is 3. The lowest BCUT2D eigenvalue weighted by molar-refractivity contribution is -0.137. The Kier molecular flexibility index (Phi) is 3.55. The van der Waals surface area contributed by atoms with Crippen LogP contribution in [0.15, 0.2) is 24.7 Å². The number of aromatic amines is 1. The Morgan fingerprint density at radius 2 is 2.04 bits per heavy atom. The highest BCUT2D eigenvalue weighted by Crippen LogP contribution is 2.35. The van der Waals surface area contributed by atoms with Gasteiger partial charge in [0, 0.05) is 29.9 Å². The number of nitrogens with zero attached hydrogens (tertiary/aromatic N) is 3. The molecule has 6 nitrogen and oxygen atoms in total. The van der Waals surface area contributed by atoms with Crippen LogP contribution in [-0.2, 0) is 6.18 Å². The lowest BCUT2D eigenvalue weighted by Crippen LogP contribution is -2.06. The molecule has 0 bridgehead atoms. The fourth-order valence-corrected chi connectivity index (χ4v) is 2.20. The van der Waals surface area contributed by atoms with Crippen LogP contribution in [0.2, 0.25) is 0 Å². The maximum absolute atomic E-state index is 12.9. The van der Waals surface area contributed by atoms with Gasteiger partial charge in [0.1, 0.15) is 11.3 Å². The molecule has 9 heteroatoms. The Labute approximate surface area is 129 Å². The van der Waals surface area contributed by atoms with Crippen molar-refractivity contribution in [2.24, 2.45) is 0 Å². The molecule has 23 heavy (non-hydrogen) atoms. The van der Waals surface area contributed by atoms with Crippen LogP contribution in [0.5, 0.6) is 0 Å². The van der Waals surface area contributed by atoms with Gasteiger partial charge in [-0.25, -0.2) is 15.0 Å². The second-order valence-corrected chi connectivity index (χ2v) is 4.85. The Morgan fingerprint density at radius 1 is 1.26 bits per heavy atom. The number of rotatable bonds is 3. The molecular weight excluding hydrogens is 309 g/mol. The number of pyridine rings is 1. The molecule has 0 fully saturated rings. The summed E-state index contributed by atoms with van der Waals surface area (Å²) in [5.41, 5.74) is 6.44.